The summed E-state index contributed by atoms with van der Waals surface area (Å²) < 4.78 is 12.8. The zero-order valence-corrected chi connectivity index (χ0v) is 36.4. The fraction of sp³-hybridized carbons (Fsp3) is 0.422. The van der Waals surface area contributed by atoms with Crippen molar-refractivity contribution in [1.29, 1.82) is 0 Å². The number of ether oxygens (including phenoxy) is 2. The number of rotatable bonds is 19. The molecule has 1 aromatic carbocycles. The largest absolute Gasteiger partial charge is 0.379 e. The number of hydrogen-bond acceptors (Lipinski definition) is 15. The number of aromatic nitrogens is 6. The maximum absolute atomic E-state index is 13.6. The molecular formula is C45H54N12O7. The van der Waals surface area contributed by atoms with E-state index in [1.165, 1.54) is 13.1 Å². The van der Waals surface area contributed by atoms with E-state index in [2.05, 4.69) is 51.0 Å². The number of pyridine rings is 2. The van der Waals surface area contributed by atoms with E-state index >= 15 is 0 Å². The number of fused-ring (bicyclic) bond motifs is 1. The smallest absolute Gasteiger partial charge is 0.263 e. The lowest BCUT2D eigenvalue weighted by atomic mass is 10.0. The van der Waals surface area contributed by atoms with Gasteiger partial charge in [0.05, 0.1) is 86.2 Å². The standard InChI is InChI=1S/C45H54N12O7/c1-29-24-48-38(27-47-29)52-43(61)34-10-6-7-11-36(34)51-39(59)14-20-63-22-23-64-21-15-46-40(60)28-55-16-18-56(19-17-55)33-12-13-37(49-25-33)53-45-50-26-35-30(2)41(31(3)58)44(62)57(42(35)54-45)32-8-4-5-9-32/h6-7,10-13,24-27,32H,4-5,8-9,14-23,28H2,1-3H3,(H,46,60)(H,51,59)(H,48,52,61)(H,49,50,53,54). The number of carbonyl (C=O) groups is 4. The number of carbonyl (C=O) groups excluding carboxylic acids is 4. The predicted molar refractivity (Wildman–Crippen MR) is 241 cm³/mol. The highest BCUT2D eigenvalue weighted by atomic mass is 16.5. The zero-order valence-electron chi connectivity index (χ0n) is 36.4. The highest BCUT2D eigenvalue weighted by Gasteiger charge is 2.26. The number of piperazine rings is 1. The fourth-order valence-electron chi connectivity index (χ4n) is 7.89. The number of ketones is 1. The van der Waals surface area contributed by atoms with Crippen molar-refractivity contribution in [1.82, 2.24) is 39.7 Å². The minimum atomic E-state index is -0.420. The van der Waals surface area contributed by atoms with Gasteiger partial charge >= 0.3 is 0 Å². The van der Waals surface area contributed by atoms with Crippen LogP contribution in [0.4, 0.5) is 29.0 Å². The van der Waals surface area contributed by atoms with E-state index in [4.69, 9.17) is 14.5 Å². The first-order valence-electron chi connectivity index (χ1n) is 21.6. The summed E-state index contributed by atoms with van der Waals surface area (Å²) in [5, 5.41) is 12.2. The van der Waals surface area contributed by atoms with Crippen LogP contribution < -0.4 is 31.7 Å². The Morgan fingerprint density at radius 1 is 0.781 bits per heavy atom. The number of nitrogens with zero attached hydrogens (tertiary/aromatic N) is 8. The molecule has 0 atom stereocenters. The van der Waals surface area contributed by atoms with Crippen molar-refractivity contribution in [3.05, 3.63) is 93.9 Å². The summed E-state index contributed by atoms with van der Waals surface area (Å²) in [6.07, 6.45) is 10.4. The number of amides is 3. The van der Waals surface area contributed by atoms with Gasteiger partial charge in [0.1, 0.15) is 11.5 Å². The Morgan fingerprint density at radius 2 is 1.53 bits per heavy atom. The van der Waals surface area contributed by atoms with Gasteiger partial charge in [0, 0.05) is 50.3 Å². The first-order chi connectivity index (χ1) is 31.0. The molecule has 19 nitrogen and oxygen atoms in total. The summed E-state index contributed by atoms with van der Waals surface area (Å²) in [5.41, 5.74) is 3.38. The van der Waals surface area contributed by atoms with Gasteiger partial charge < -0.3 is 35.6 Å². The summed E-state index contributed by atoms with van der Waals surface area (Å²) in [4.78, 5) is 90.5. The first kappa shape index (κ1) is 45.3. The minimum Gasteiger partial charge on any atom is -0.379 e. The van der Waals surface area contributed by atoms with Crippen molar-refractivity contribution in [2.45, 2.75) is 58.9 Å². The number of para-hydroxylation sites is 1. The van der Waals surface area contributed by atoms with Crippen LogP contribution in [0.15, 0.2) is 66.0 Å². The first-order valence-corrected chi connectivity index (χ1v) is 21.6. The highest BCUT2D eigenvalue weighted by Crippen LogP contribution is 2.32. The molecular weight excluding hydrogens is 821 g/mol. The molecule has 3 amide bonds. The molecule has 4 aromatic heterocycles. The van der Waals surface area contributed by atoms with Crippen LogP contribution in [-0.4, -0.2) is 124 Å². The summed E-state index contributed by atoms with van der Waals surface area (Å²) in [6, 6.07) is 10.5. The van der Waals surface area contributed by atoms with Crippen LogP contribution in [0.3, 0.4) is 0 Å². The molecule has 0 spiro atoms. The van der Waals surface area contributed by atoms with Crippen LogP contribution in [-0.2, 0) is 19.1 Å². The number of Topliss-reactive ketones (excluding diaryl/α,β-unsaturated/α-hetero) is 1. The van der Waals surface area contributed by atoms with E-state index in [9.17, 15) is 24.0 Å². The second kappa shape index (κ2) is 21.6. The average molecular weight is 875 g/mol. The van der Waals surface area contributed by atoms with Gasteiger partial charge in [-0.1, -0.05) is 25.0 Å². The van der Waals surface area contributed by atoms with E-state index < -0.39 is 5.91 Å². The van der Waals surface area contributed by atoms with Crippen molar-refractivity contribution in [2.24, 2.45) is 0 Å². The third-order valence-electron chi connectivity index (χ3n) is 11.2. The predicted octanol–water partition coefficient (Wildman–Crippen LogP) is 4.21. The Labute approximate surface area is 370 Å². The molecule has 7 rings (SSSR count). The molecule has 1 saturated carbocycles. The monoisotopic (exact) mass is 874 g/mol. The fourth-order valence-corrected chi connectivity index (χ4v) is 7.89. The Bertz CT molecular complexity index is 2500. The van der Waals surface area contributed by atoms with Gasteiger partial charge in [0.25, 0.3) is 11.5 Å². The maximum Gasteiger partial charge on any atom is 0.263 e. The Hall–Kier alpha value is -6.70. The van der Waals surface area contributed by atoms with Crippen LogP contribution in [0.5, 0.6) is 0 Å². The Balaban J connectivity index is 0.763. The average Bonchev–Trinajstić information content (AvgIpc) is 3.82. The molecule has 2 fully saturated rings. The molecule has 2 aliphatic rings. The lowest BCUT2D eigenvalue weighted by Crippen LogP contribution is -2.49. The topological polar surface area (TPSA) is 228 Å². The zero-order chi connectivity index (χ0) is 45.0. The van der Waals surface area contributed by atoms with Crippen LogP contribution in [0.1, 0.15) is 77.0 Å². The second-order valence-electron chi connectivity index (χ2n) is 15.8. The summed E-state index contributed by atoms with van der Waals surface area (Å²) in [5.74, 6) is 0.123. The number of aryl methyl sites for hydroxylation is 2. The Morgan fingerprint density at radius 3 is 2.25 bits per heavy atom. The lowest BCUT2D eigenvalue weighted by Gasteiger charge is -2.35. The molecule has 0 unspecified atom stereocenters. The van der Waals surface area contributed by atoms with Crippen LogP contribution in [0.25, 0.3) is 11.0 Å². The van der Waals surface area contributed by atoms with Gasteiger partial charge in [0.2, 0.25) is 17.8 Å². The van der Waals surface area contributed by atoms with Crippen LogP contribution >= 0.6 is 0 Å². The SMILES string of the molecule is CC(=O)c1c(C)c2cnc(Nc3ccc(N4CCN(CC(=O)NCCOCCOCCC(=O)Nc5ccccc5C(=O)Nc5cnc(C)cn5)CC4)cn3)nc2n(C2CCCC2)c1=O. The van der Waals surface area contributed by atoms with E-state index in [-0.39, 0.29) is 60.9 Å². The molecule has 19 heteroatoms. The number of hydrogen-bond donors (Lipinski definition) is 4. The number of benzene rings is 1. The van der Waals surface area contributed by atoms with Gasteiger partial charge in [-0.3, -0.25) is 38.4 Å². The van der Waals surface area contributed by atoms with Gasteiger partial charge in [-0.05, 0) is 63.4 Å². The van der Waals surface area contributed by atoms with Gasteiger partial charge in [-0.15, -0.1) is 0 Å². The summed E-state index contributed by atoms with van der Waals surface area (Å²) in [7, 11) is 0. The molecule has 336 valence electrons. The third-order valence-corrected chi connectivity index (χ3v) is 11.2. The van der Waals surface area contributed by atoms with E-state index in [0.717, 1.165) is 50.2 Å². The van der Waals surface area contributed by atoms with Crippen LogP contribution in [0.2, 0.25) is 0 Å². The van der Waals surface area contributed by atoms with Gasteiger partial charge in [-0.25, -0.2) is 15.0 Å². The molecule has 0 bridgehead atoms. The maximum atomic E-state index is 13.6. The van der Waals surface area contributed by atoms with Crippen molar-refractivity contribution in [3.8, 4) is 0 Å². The normalized spacial score (nSPS) is 14.4. The van der Waals surface area contributed by atoms with E-state index in [1.807, 2.05) is 12.1 Å². The number of anilines is 5. The van der Waals surface area contributed by atoms with Gasteiger partial charge in [-0.2, -0.15) is 4.98 Å². The molecule has 4 N–H and O–H groups in total. The van der Waals surface area contributed by atoms with Crippen LogP contribution in [0, 0.1) is 13.8 Å². The number of nitrogens with one attached hydrogen (secondary N) is 4. The third kappa shape index (κ3) is 11.7. The van der Waals surface area contributed by atoms with Crippen molar-refractivity contribution in [3.63, 3.8) is 0 Å². The molecule has 0 radical (unpaired) electrons. The molecule has 5 aromatic rings. The van der Waals surface area contributed by atoms with Crippen molar-refractivity contribution >= 4 is 63.5 Å². The summed E-state index contributed by atoms with van der Waals surface area (Å²) >= 11 is 0. The quantitative estimate of drug-likeness (QED) is 0.0673. The van der Waals surface area contributed by atoms with E-state index in [0.29, 0.717) is 78.3 Å². The highest BCUT2D eigenvalue weighted by molar-refractivity contribution is 6.09. The van der Waals surface area contributed by atoms with Gasteiger partial charge in [0.15, 0.2) is 11.6 Å². The van der Waals surface area contributed by atoms with Crippen molar-refractivity contribution in [2.75, 3.05) is 86.5 Å². The van der Waals surface area contributed by atoms with Crippen molar-refractivity contribution < 1.29 is 28.7 Å². The lowest BCUT2D eigenvalue weighted by molar-refractivity contribution is -0.122. The van der Waals surface area contributed by atoms with E-state index in [1.54, 1.807) is 61.3 Å². The second-order valence-corrected chi connectivity index (χ2v) is 15.8. The summed E-state index contributed by atoms with van der Waals surface area (Å²) in [6.45, 7) is 9.62. The molecule has 1 saturated heterocycles. The molecule has 64 heavy (non-hydrogen) atoms. The molecule has 5 heterocycles. The molecule has 1 aliphatic carbocycles. The minimum absolute atomic E-state index is 0.00771. The molecule has 1 aliphatic heterocycles. The Kier molecular flexibility index (Phi) is 15.3.